The second-order valence-electron chi connectivity index (χ2n) is 3.60. The number of hydrogen-bond acceptors (Lipinski definition) is 2. The highest BCUT2D eigenvalue weighted by Crippen LogP contribution is 2.38. The maximum Gasteiger partial charge on any atom is 0.0892 e. The lowest BCUT2D eigenvalue weighted by molar-refractivity contribution is 0.179. The third kappa shape index (κ3) is 2.62. The fourth-order valence-corrected chi connectivity index (χ4v) is 1.31. The zero-order valence-electron chi connectivity index (χ0n) is 7.01. The third-order valence-corrected chi connectivity index (χ3v) is 2.46. The molecule has 2 atom stereocenters. The molecule has 0 bridgehead atoms. The van der Waals surface area contributed by atoms with E-state index < -0.39 is 0 Å². The second kappa shape index (κ2) is 3.30. The summed E-state index contributed by atoms with van der Waals surface area (Å²) in [6, 6.07) is 0. The molecule has 2 nitrogen and oxygen atoms in total. The summed E-state index contributed by atoms with van der Waals surface area (Å²) >= 11 is 5.44. The molecule has 0 radical (unpaired) electrons. The van der Waals surface area contributed by atoms with Crippen molar-refractivity contribution in [3.63, 3.8) is 0 Å². The zero-order chi connectivity index (χ0) is 8.48. The Bertz CT molecular complexity index is 136. The monoisotopic (exact) mass is 178 g/mol. The summed E-state index contributed by atoms with van der Waals surface area (Å²) in [7, 11) is 0. The van der Waals surface area contributed by atoms with Crippen molar-refractivity contribution in [2.24, 2.45) is 0 Å². The summed E-state index contributed by atoms with van der Waals surface area (Å²) < 4.78 is 5.35. The van der Waals surface area contributed by atoms with Gasteiger partial charge in [0.15, 0.2) is 0 Å². The molecular formula is C8H15ClO2. The minimum absolute atomic E-state index is 0.0477. The highest BCUT2D eigenvalue weighted by molar-refractivity contribution is 6.18. The van der Waals surface area contributed by atoms with Crippen molar-refractivity contribution in [2.45, 2.75) is 44.5 Å². The number of halogens is 1. The van der Waals surface area contributed by atoms with Crippen molar-refractivity contribution >= 4 is 11.6 Å². The van der Waals surface area contributed by atoms with E-state index in [-0.39, 0.29) is 11.7 Å². The molecule has 1 N–H and O–H groups in total. The van der Waals surface area contributed by atoms with E-state index >= 15 is 0 Å². The quantitative estimate of drug-likeness (QED) is 0.524. The lowest BCUT2D eigenvalue weighted by atomic mass is 10.1. The molecule has 66 valence electrons. The molecule has 0 amide bonds. The number of aliphatic hydroxyl groups excluding tert-OH is 1. The molecule has 0 aromatic carbocycles. The first kappa shape index (κ1) is 9.30. The molecule has 1 saturated heterocycles. The van der Waals surface area contributed by atoms with Crippen molar-refractivity contribution in [3.8, 4) is 0 Å². The van der Waals surface area contributed by atoms with E-state index in [4.69, 9.17) is 21.4 Å². The molecule has 0 aromatic rings. The van der Waals surface area contributed by atoms with Gasteiger partial charge < -0.3 is 9.84 Å². The molecule has 1 heterocycles. The van der Waals surface area contributed by atoms with Crippen molar-refractivity contribution < 1.29 is 9.84 Å². The highest BCUT2D eigenvalue weighted by Gasteiger charge is 2.46. The fourth-order valence-electron chi connectivity index (χ4n) is 1.16. The van der Waals surface area contributed by atoms with Crippen LogP contribution in [-0.4, -0.2) is 28.8 Å². The maximum atomic E-state index is 9.12. The summed E-state index contributed by atoms with van der Waals surface area (Å²) in [6.07, 6.45) is 1.63. The summed E-state index contributed by atoms with van der Waals surface area (Å²) in [6.45, 7) is 4.12. The van der Waals surface area contributed by atoms with Gasteiger partial charge in [0, 0.05) is 5.88 Å². The van der Waals surface area contributed by atoms with Gasteiger partial charge in [-0.05, 0) is 26.7 Å². The number of hydrogen-bond donors (Lipinski definition) is 1. The Morgan fingerprint density at radius 3 is 2.55 bits per heavy atom. The van der Waals surface area contributed by atoms with Crippen LogP contribution in [0.2, 0.25) is 0 Å². The maximum absolute atomic E-state index is 9.12. The van der Waals surface area contributed by atoms with E-state index in [9.17, 15) is 0 Å². The van der Waals surface area contributed by atoms with Gasteiger partial charge in [0.1, 0.15) is 0 Å². The first-order chi connectivity index (χ1) is 5.06. The molecule has 2 unspecified atom stereocenters. The molecule has 0 spiro atoms. The van der Waals surface area contributed by atoms with Gasteiger partial charge in [0.25, 0.3) is 0 Å². The van der Waals surface area contributed by atoms with Crippen molar-refractivity contribution in [1.29, 1.82) is 0 Å². The predicted octanol–water partition coefficient (Wildman–Crippen LogP) is 1.54. The largest absolute Gasteiger partial charge is 0.392 e. The van der Waals surface area contributed by atoms with E-state index in [1.807, 2.05) is 0 Å². The molecule has 1 aliphatic rings. The minimum atomic E-state index is -0.364. The summed E-state index contributed by atoms with van der Waals surface area (Å²) in [5.74, 6) is 0.327. The number of rotatable bonds is 4. The summed E-state index contributed by atoms with van der Waals surface area (Å²) in [5, 5.41) is 9.12. The predicted molar refractivity (Wildman–Crippen MR) is 44.9 cm³/mol. The van der Waals surface area contributed by atoms with Gasteiger partial charge in [-0.15, -0.1) is 11.6 Å². The number of alkyl halides is 1. The average Bonchev–Trinajstić information content (AvgIpc) is 2.54. The zero-order valence-corrected chi connectivity index (χ0v) is 7.77. The third-order valence-electron chi connectivity index (χ3n) is 2.10. The second-order valence-corrected chi connectivity index (χ2v) is 3.90. The van der Waals surface area contributed by atoms with Crippen LogP contribution in [0.15, 0.2) is 0 Å². The first-order valence-electron chi connectivity index (χ1n) is 3.98. The van der Waals surface area contributed by atoms with Crippen LogP contribution in [0.5, 0.6) is 0 Å². The van der Waals surface area contributed by atoms with Crippen LogP contribution in [0.3, 0.4) is 0 Å². The Morgan fingerprint density at radius 2 is 2.18 bits per heavy atom. The van der Waals surface area contributed by atoms with Crippen LogP contribution >= 0.6 is 11.6 Å². The Labute approximate surface area is 72.5 Å². The van der Waals surface area contributed by atoms with Gasteiger partial charge in [0.05, 0.1) is 17.8 Å². The van der Waals surface area contributed by atoms with Crippen LogP contribution in [0.4, 0.5) is 0 Å². The van der Waals surface area contributed by atoms with Gasteiger partial charge in [-0.25, -0.2) is 0 Å². The topological polar surface area (TPSA) is 32.8 Å². The molecular weight excluding hydrogens is 164 g/mol. The van der Waals surface area contributed by atoms with Crippen LogP contribution in [0, 0.1) is 0 Å². The van der Waals surface area contributed by atoms with E-state index in [0.717, 1.165) is 12.8 Å². The van der Waals surface area contributed by atoms with Crippen molar-refractivity contribution in [1.82, 2.24) is 0 Å². The van der Waals surface area contributed by atoms with Gasteiger partial charge in [-0.3, -0.25) is 0 Å². The number of aliphatic hydroxyl groups is 1. The molecule has 0 saturated carbocycles. The minimum Gasteiger partial charge on any atom is -0.392 e. The van der Waals surface area contributed by atoms with Gasteiger partial charge in [0.2, 0.25) is 0 Å². The molecule has 0 aliphatic carbocycles. The average molecular weight is 179 g/mol. The Balaban J connectivity index is 2.06. The lowest BCUT2D eigenvalue weighted by Crippen LogP contribution is -2.11. The van der Waals surface area contributed by atoms with E-state index in [0.29, 0.717) is 12.0 Å². The lowest BCUT2D eigenvalue weighted by Gasteiger charge is -2.03. The standard InChI is InChI=1S/C8H15ClO2/c1-8(2)7(11-8)4-3-6(10)5-9/h6-7,10H,3-5H2,1-2H3. The van der Waals surface area contributed by atoms with E-state index in [1.165, 1.54) is 0 Å². The van der Waals surface area contributed by atoms with E-state index in [2.05, 4.69) is 13.8 Å². The van der Waals surface area contributed by atoms with Crippen molar-refractivity contribution in [2.75, 3.05) is 5.88 Å². The van der Waals surface area contributed by atoms with Crippen molar-refractivity contribution in [3.05, 3.63) is 0 Å². The summed E-state index contributed by atoms with van der Waals surface area (Å²) in [4.78, 5) is 0. The smallest absolute Gasteiger partial charge is 0.0892 e. The number of epoxide rings is 1. The number of ether oxygens (including phenoxy) is 1. The molecule has 11 heavy (non-hydrogen) atoms. The fraction of sp³-hybridized carbons (Fsp3) is 1.00. The summed E-state index contributed by atoms with van der Waals surface area (Å²) in [5.41, 5.74) is 0.0477. The Kier molecular flexibility index (Phi) is 2.79. The first-order valence-corrected chi connectivity index (χ1v) is 4.51. The van der Waals surface area contributed by atoms with Crippen LogP contribution in [0.1, 0.15) is 26.7 Å². The van der Waals surface area contributed by atoms with Crippen LogP contribution in [-0.2, 0) is 4.74 Å². The molecule has 0 aromatic heterocycles. The van der Waals surface area contributed by atoms with Crippen LogP contribution < -0.4 is 0 Å². The normalized spacial score (nSPS) is 30.0. The highest BCUT2D eigenvalue weighted by atomic mass is 35.5. The van der Waals surface area contributed by atoms with E-state index in [1.54, 1.807) is 0 Å². The van der Waals surface area contributed by atoms with Gasteiger partial charge in [-0.1, -0.05) is 0 Å². The molecule has 1 rings (SSSR count). The van der Waals surface area contributed by atoms with Gasteiger partial charge >= 0.3 is 0 Å². The molecule has 3 heteroatoms. The SMILES string of the molecule is CC1(C)OC1CCC(O)CCl. The van der Waals surface area contributed by atoms with Crippen LogP contribution in [0.25, 0.3) is 0 Å². The molecule has 1 fully saturated rings. The molecule has 1 aliphatic heterocycles. The van der Waals surface area contributed by atoms with Gasteiger partial charge in [-0.2, -0.15) is 0 Å². The Morgan fingerprint density at radius 1 is 1.64 bits per heavy atom. The Hall–Kier alpha value is 0.210.